The third-order valence-electron chi connectivity index (χ3n) is 3.54. The van der Waals surface area contributed by atoms with Gasteiger partial charge in [-0.25, -0.2) is 4.39 Å². The lowest BCUT2D eigenvalue weighted by Gasteiger charge is -2.12. The highest BCUT2D eigenvalue weighted by Crippen LogP contribution is 2.21. The van der Waals surface area contributed by atoms with Crippen LogP contribution in [0.15, 0.2) is 48.5 Å². The van der Waals surface area contributed by atoms with E-state index in [2.05, 4.69) is 38.1 Å². The third-order valence-corrected chi connectivity index (χ3v) is 3.54. The van der Waals surface area contributed by atoms with Gasteiger partial charge in [0.15, 0.2) is 0 Å². The van der Waals surface area contributed by atoms with Crippen LogP contribution in [-0.2, 0) is 12.8 Å². The zero-order chi connectivity index (χ0) is 13.7. The summed E-state index contributed by atoms with van der Waals surface area (Å²) in [5.41, 5.74) is 3.94. The van der Waals surface area contributed by atoms with Crippen molar-refractivity contribution in [3.8, 4) is 0 Å². The molecule has 0 spiro atoms. The van der Waals surface area contributed by atoms with E-state index in [0.29, 0.717) is 5.92 Å². The molecule has 1 atom stereocenters. The maximum Gasteiger partial charge on any atom is 0.123 e. The molecule has 100 valence electrons. The van der Waals surface area contributed by atoms with Crippen LogP contribution in [0.25, 0.3) is 0 Å². The largest absolute Gasteiger partial charge is 0.207 e. The molecule has 0 aliphatic rings. The maximum atomic E-state index is 12.9. The summed E-state index contributed by atoms with van der Waals surface area (Å²) >= 11 is 0. The highest BCUT2D eigenvalue weighted by atomic mass is 19.1. The first-order valence-electron chi connectivity index (χ1n) is 7.02. The minimum Gasteiger partial charge on any atom is -0.207 e. The Labute approximate surface area is 115 Å². The van der Waals surface area contributed by atoms with Gasteiger partial charge in [0, 0.05) is 0 Å². The summed E-state index contributed by atoms with van der Waals surface area (Å²) in [6.07, 6.45) is 3.33. The summed E-state index contributed by atoms with van der Waals surface area (Å²) in [5.74, 6) is 0.248. The van der Waals surface area contributed by atoms with Crippen molar-refractivity contribution in [3.05, 3.63) is 71.0 Å². The quantitative estimate of drug-likeness (QED) is 0.696. The fraction of sp³-hybridized carbons (Fsp3) is 0.333. The molecule has 2 aromatic carbocycles. The Balaban J connectivity index is 2.01. The molecule has 2 rings (SSSR count). The first-order valence-corrected chi connectivity index (χ1v) is 7.02. The van der Waals surface area contributed by atoms with E-state index in [1.165, 1.54) is 35.2 Å². The van der Waals surface area contributed by atoms with E-state index in [4.69, 9.17) is 0 Å². The molecule has 2 aromatic rings. The molecule has 0 unspecified atom stereocenters. The van der Waals surface area contributed by atoms with Crippen LogP contribution >= 0.6 is 0 Å². The minimum atomic E-state index is -0.167. The van der Waals surface area contributed by atoms with Crippen molar-refractivity contribution >= 4 is 0 Å². The van der Waals surface area contributed by atoms with Crippen LogP contribution in [0.1, 0.15) is 42.9 Å². The van der Waals surface area contributed by atoms with Gasteiger partial charge in [-0.05, 0) is 47.6 Å². The summed E-state index contributed by atoms with van der Waals surface area (Å²) in [6.45, 7) is 4.39. The average molecular weight is 256 g/mol. The SMILES string of the molecule is CCCc1ccc(C[C@@H](C)c2ccc(F)cc2)cc1. The van der Waals surface area contributed by atoms with E-state index in [-0.39, 0.29) is 5.82 Å². The van der Waals surface area contributed by atoms with Crippen molar-refractivity contribution in [2.45, 2.75) is 39.0 Å². The van der Waals surface area contributed by atoms with Crippen LogP contribution in [-0.4, -0.2) is 0 Å². The molecule has 0 aromatic heterocycles. The summed E-state index contributed by atoms with van der Waals surface area (Å²) in [7, 11) is 0. The van der Waals surface area contributed by atoms with E-state index < -0.39 is 0 Å². The number of benzene rings is 2. The van der Waals surface area contributed by atoms with Crippen LogP contribution in [0.3, 0.4) is 0 Å². The van der Waals surface area contributed by atoms with Gasteiger partial charge in [-0.1, -0.05) is 56.7 Å². The van der Waals surface area contributed by atoms with Gasteiger partial charge in [-0.2, -0.15) is 0 Å². The van der Waals surface area contributed by atoms with Gasteiger partial charge < -0.3 is 0 Å². The Morgan fingerprint density at radius 1 is 0.895 bits per heavy atom. The molecule has 0 heterocycles. The molecule has 0 aliphatic heterocycles. The highest BCUT2D eigenvalue weighted by molar-refractivity contribution is 5.26. The van der Waals surface area contributed by atoms with Crippen molar-refractivity contribution in [3.63, 3.8) is 0 Å². The fourth-order valence-corrected chi connectivity index (χ4v) is 2.39. The van der Waals surface area contributed by atoms with Gasteiger partial charge in [0.1, 0.15) is 5.82 Å². The summed E-state index contributed by atoms with van der Waals surface area (Å²) < 4.78 is 12.9. The van der Waals surface area contributed by atoms with Crippen LogP contribution in [0, 0.1) is 5.82 Å². The second-order valence-corrected chi connectivity index (χ2v) is 5.22. The van der Waals surface area contributed by atoms with Gasteiger partial charge >= 0.3 is 0 Å². The predicted octanol–water partition coefficient (Wildman–Crippen LogP) is 5.12. The normalized spacial score (nSPS) is 12.4. The lowest BCUT2D eigenvalue weighted by Crippen LogP contribution is -1.98. The van der Waals surface area contributed by atoms with E-state index in [9.17, 15) is 4.39 Å². The molecular formula is C18H21F. The Hall–Kier alpha value is -1.63. The van der Waals surface area contributed by atoms with E-state index in [0.717, 1.165) is 12.8 Å². The third kappa shape index (κ3) is 3.92. The molecule has 0 aliphatic carbocycles. The van der Waals surface area contributed by atoms with Gasteiger partial charge in [0.25, 0.3) is 0 Å². The van der Waals surface area contributed by atoms with Gasteiger partial charge in [0.05, 0.1) is 0 Å². The molecule has 19 heavy (non-hydrogen) atoms. The molecule has 0 saturated heterocycles. The molecule has 0 radical (unpaired) electrons. The van der Waals surface area contributed by atoms with Crippen molar-refractivity contribution < 1.29 is 4.39 Å². The van der Waals surface area contributed by atoms with Crippen LogP contribution in [0.4, 0.5) is 4.39 Å². The molecule has 1 heteroatoms. The molecule has 0 fully saturated rings. The minimum absolute atomic E-state index is 0.167. The lowest BCUT2D eigenvalue weighted by atomic mass is 9.93. The molecular weight excluding hydrogens is 235 g/mol. The standard InChI is InChI=1S/C18H21F/c1-3-4-15-5-7-16(8-6-15)13-14(2)17-9-11-18(19)12-10-17/h5-12,14H,3-4,13H2,1-2H3/t14-/m1/s1. The summed E-state index contributed by atoms with van der Waals surface area (Å²) in [5, 5.41) is 0. The maximum absolute atomic E-state index is 12.9. The Kier molecular flexibility index (Phi) is 4.73. The fourth-order valence-electron chi connectivity index (χ4n) is 2.39. The summed E-state index contributed by atoms with van der Waals surface area (Å²) in [4.78, 5) is 0. The van der Waals surface area contributed by atoms with E-state index in [1.807, 2.05) is 12.1 Å². The number of hydrogen-bond acceptors (Lipinski definition) is 0. The van der Waals surface area contributed by atoms with Gasteiger partial charge in [0.2, 0.25) is 0 Å². The number of rotatable bonds is 5. The van der Waals surface area contributed by atoms with Crippen molar-refractivity contribution in [1.29, 1.82) is 0 Å². The number of hydrogen-bond donors (Lipinski definition) is 0. The zero-order valence-electron chi connectivity index (χ0n) is 11.7. The van der Waals surface area contributed by atoms with Crippen molar-refractivity contribution in [2.75, 3.05) is 0 Å². The van der Waals surface area contributed by atoms with Gasteiger partial charge in [-0.3, -0.25) is 0 Å². The Morgan fingerprint density at radius 2 is 1.47 bits per heavy atom. The van der Waals surface area contributed by atoms with Crippen LogP contribution < -0.4 is 0 Å². The van der Waals surface area contributed by atoms with Crippen molar-refractivity contribution in [2.24, 2.45) is 0 Å². The molecule has 0 saturated carbocycles. The number of halogens is 1. The van der Waals surface area contributed by atoms with Crippen molar-refractivity contribution in [1.82, 2.24) is 0 Å². The smallest absolute Gasteiger partial charge is 0.123 e. The lowest BCUT2D eigenvalue weighted by molar-refractivity contribution is 0.625. The Bertz CT molecular complexity index is 496. The summed E-state index contributed by atoms with van der Waals surface area (Å²) in [6, 6.07) is 15.7. The molecule has 0 amide bonds. The van der Waals surface area contributed by atoms with Gasteiger partial charge in [-0.15, -0.1) is 0 Å². The first kappa shape index (κ1) is 13.8. The Morgan fingerprint density at radius 3 is 2.05 bits per heavy atom. The van der Waals surface area contributed by atoms with E-state index in [1.54, 1.807) is 0 Å². The van der Waals surface area contributed by atoms with Crippen LogP contribution in [0.2, 0.25) is 0 Å². The second kappa shape index (κ2) is 6.51. The van der Waals surface area contributed by atoms with Crippen LogP contribution in [0.5, 0.6) is 0 Å². The average Bonchev–Trinajstić information content (AvgIpc) is 2.42. The molecule has 0 bridgehead atoms. The van der Waals surface area contributed by atoms with E-state index >= 15 is 0 Å². The monoisotopic (exact) mass is 256 g/mol. The zero-order valence-corrected chi connectivity index (χ0v) is 11.7. The molecule has 0 nitrogen and oxygen atoms in total. The topological polar surface area (TPSA) is 0 Å². The molecule has 0 N–H and O–H groups in total. The predicted molar refractivity (Wildman–Crippen MR) is 79.0 cm³/mol. The highest BCUT2D eigenvalue weighted by Gasteiger charge is 2.06. The number of aryl methyl sites for hydroxylation is 1. The first-order chi connectivity index (χ1) is 9.19. The second-order valence-electron chi connectivity index (χ2n) is 5.22.